The van der Waals surface area contributed by atoms with Gasteiger partial charge in [0.25, 0.3) is 0 Å². The van der Waals surface area contributed by atoms with Gasteiger partial charge in [-0.05, 0) is 19.1 Å². The van der Waals surface area contributed by atoms with Crippen LogP contribution in [-0.4, -0.2) is 57.6 Å². The highest BCUT2D eigenvalue weighted by Crippen LogP contribution is 2.42. The van der Waals surface area contributed by atoms with Gasteiger partial charge in [0.05, 0.1) is 16.6 Å². The number of aromatic hydroxyl groups is 1. The summed E-state index contributed by atoms with van der Waals surface area (Å²) < 4.78 is 0. The van der Waals surface area contributed by atoms with Crippen LogP contribution in [0.4, 0.5) is 0 Å². The lowest BCUT2D eigenvalue weighted by atomic mass is 9.98. The number of aliphatic hydroxyl groups is 1. The molecule has 0 aromatic heterocycles. The van der Waals surface area contributed by atoms with Gasteiger partial charge in [0.1, 0.15) is 12.4 Å². The van der Waals surface area contributed by atoms with Gasteiger partial charge in [-0.2, -0.15) is 0 Å². The van der Waals surface area contributed by atoms with Crippen LogP contribution < -0.4 is 0 Å². The zero-order valence-corrected chi connectivity index (χ0v) is 15.1. The largest absolute Gasteiger partial charge is 0.508 e. The van der Waals surface area contributed by atoms with Crippen LogP contribution in [-0.2, 0) is 9.59 Å². The van der Waals surface area contributed by atoms with Crippen molar-refractivity contribution in [2.75, 3.05) is 19.7 Å². The number of fused-ring (bicyclic) bond motifs is 1. The van der Waals surface area contributed by atoms with Crippen molar-refractivity contribution >= 4 is 35.0 Å². The zero-order valence-electron chi connectivity index (χ0n) is 13.6. The quantitative estimate of drug-likeness (QED) is 0.817. The molecule has 2 heterocycles. The second kappa shape index (κ2) is 6.86. The van der Waals surface area contributed by atoms with E-state index in [0.29, 0.717) is 22.8 Å². The van der Waals surface area contributed by atoms with Crippen LogP contribution in [0.1, 0.15) is 24.8 Å². The zero-order chi connectivity index (χ0) is 18.3. The first-order valence-corrected chi connectivity index (χ1v) is 8.67. The lowest BCUT2D eigenvalue weighted by Gasteiger charge is -2.25. The maximum atomic E-state index is 12.5. The number of hydrogen-bond acceptors (Lipinski definition) is 4. The van der Waals surface area contributed by atoms with Crippen LogP contribution in [0.15, 0.2) is 23.9 Å². The third-order valence-electron chi connectivity index (χ3n) is 4.69. The number of carbonyl (C=O) groups is 2. The van der Waals surface area contributed by atoms with E-state index in [1.54, 1.807) is 11.8 Å². The summed E-state index contributed by atoms with van der Waals surface area (Å²) >= 11 is 12.3. The summed E-state index contributed by atoms with van der Waals surface area (Å²) in [6.07, 6.45) is 2.00. The van der Waals surface area contributed by atoms with E-state index in [1.807, 2.05) is 6.08 Å². The molecule has 2 amide bonds. The van der Waals surface area contributed by atoms with Crippen molar-refractivity contribution in [1.82, 2.24) is 9.80 Å². The number of aliphatic hydroxyl groups excluding tert-OH is 1. The number of nitrogens with zero attached hydrogens (tertiary/aromatic N) is 2. The van der Waals surface area contributed by atoms with Crippen LogP contribution >= 0.6 is 23.2 Å². The van der Waals surface area contributed by atoms with Crippen molar-refractivity contribution in [3.8, 4) is 5.75 Å². The molecule has 2 atom stereocenters. The van der Waals surface area contributed by atoms with Crippen LogP contribution in [0.25, 0.3) is 0 Å². The Labute approximate surface area is 155 Å². The number of halogens is 2. The van der Waals surface area contributed by atoms with Crippen molar-refractivity contribution in [1.29, 1.82) is 0 Å². The number of amides is 2. The van der Waals surface area contributed by atoms with E-state index in [4.69, 9.17) is 28.3 Å². The third kappa shape index (κ3) is 3.21. The smallest absolute Gasteiger partial charge is 0.248 e. The Kier molecular flexibility index (Phi) is 4.95. The van der Waals surface area contributed by atoms with E-state index in [-0.39, 0.29) is 41.6 Å². The van der Waals surface area contributed by atoms with E-state index >= 15 is 0 Å². The number of benzene rings is 1. The first-order valence-electron chi connectivity index (χ1n) is 7.91. The van der Waals surface area contributed by atoms with Gasteiger partial charge in [-0.25, -0.2) is 0 Å². The molecule has 0 radical (unpaired) electrons. The number of phenolic OH excluding ortho intramolecular Hbond substituents is 1. The molecule has 2 aliphatic rings. The van der Waals surface area contributed by atoms with E-state index in [9.17, 15) is 14.7 Å². The maximum absolute atomic E-state index is 12.5. The van der Waals surface area contributed by atoms with Crippen LogP contribution in [0.5, 0.6) is 5.75 Å². The monoisotopic (exact) mass is 384 g/mol. The van der Waals surface area contributed by atoms with Crippen LogP contribution in [0, 0.1) is 0 Å². The minimum atomic E-state index is -0.601. The second-order valence-corrected chi connectivity index (χ2v) is 7.08. The molecule has 1 fully saturated rings. The van der Waals surface area contributed by atoms with Crippen molar-refractivity contribution in [3.63, 3.8) is 0 Å². The Morgan fingerprint density at radius 2 is 2.08 bits per heavy atom. The third-order valence-corrected chi connectivity index (χ3v) is 5.51. The standard InChI is InChI=1S/C17H18Cl2N2O4/c1-9-4-14(24)21-6-10(5-11(21)7-20(9)15(25)8-22)16-13(23)3-2-12(18)17(16)19/h2-3,5,9-10,22-23H,4,6-8H2,1H3/t9-,10-/m0/s1. The average molecular weight is 385 g/mol. The lowest BCUT2D eigenvalue weighted by Crippen LogP contribution is -2.40. The predicted molar refractivity (Wildman–Crippen MR) is 93.5 cm³/mol. The molecule has 0 bridgehead atoms. The lowest BCUT2D eigenvalue weighted by molar-refractivity contribution is -0.136. The predicted octanol–water partition coefficient (Wildman–Crippen LogP) is 2.12. The molecule has 1 saturated heterocycles. The van der Waals surface area contributed by atoms with E-state index in [1.165, 1.54) is 17.0 Å². The van der Waals surface area contributed by atoms with Crippen molar-refractivity contribution in [3.05, 3.63) is 39.5 Å². The van der Waals surface area contributed by atoms with E-state index < -0.39 is 12.5 Å². The molecule has 3 rings (SSSR count). The number of phenols is 1. The summed E-state index contributed by atoms with van der Waals surface area (Å²) in [4.78, 5) is 27.6. The van der Waals surface area contributed by atoms with Gasteiger partial charge >= 0.3 is 0 Å². The summed E-state index contributed by atoms with van der Waals surface area (Å²) in [5.74, 6) is -0.829. The molecule has 2 aliphatic heterocycles. The minimum absolute atomic E-state index is 0.0121. The second-order valence-electron chi connectivity index (χ2n) is 6.30. The Balaban J connectivity index is 1.97. The first-order chi connectivity index (χ1) is 11.8. The minimum Gasteiger partial charge on any atom is -0.508 e. The van der Waals surface area contributed by atoms with Gasteiger partial charge in [-0.15, -0.1) is 0 Å². The highest BCUT2D eigenvalue weighted by Gasteiger charge is 2.37. The van der Waals surface area contributed by atoms with Crippen molar-refractivity contribution in [2.45, 2.75) is 25.3 Å². The summed E-state index contributed by atoms with van der Waals surface area (Å²) in [5.41, 5.74) is 1.13. The molecular formula is C17H18Cl2N2O4. The molecule has 2 N–H and O–H groups in total. The highest BCUT2D eigenvalue weighted by atomic mass is 35.5. The van der Waals surface area contributed by atoms with Gasteiger partial charge < -0.3 is 20.0 Å². The summed E-state index contributed by atoms with van der Waals surface area (Å²) in [6, 6.07) is 2.69. The Hall–Kier alpha value is -1.76. The Bertz CT molecular complexity index is 765. The fourth-order valence-corrected chi connectivity index (χ4v) is 3.87. The fraction of sp³-hybridized carbons (Fsp3) is 0.412. The highest BCUT2D eigenvalue weighted by molar-refractivity contribution is 6.42. The van der Waals surface area contributed by atoms with Crippen molar-refractivity contribution < 1.29 is 19.8 Å². The molecular weight excluding hydrogens is 367 g/mol. The van der Waals surface area contributed by atoms with Crippen LogP contribution in [0.3, 0.4) is 0 Å². The summed E-state index contributed by atoms with van der Waals surface area (Å²) in [7, 11) is 0. The normalized spacial score (nSPS) is 23.4. The molecule has 134 valence electrons. The van der Waals surface area contributed by atoms with Gasteiger partial charge in [0.15, 0.2) is 0 Å². The van der Waals surface area contributed by atoms with Gasteiger partial charge in [0.2, 0.25) is 11.8 Å². The average Bonchev–Trinajstić information content (AvgIpc) is 2.94. The molecule has 8 heteroatoms. The number of rotatable bonds is 2. The van der Waals surface area contributed by atoms with Crippen molar-refractivity contribution in [2.24, 2.45) is 0 Å². The molecule has 0 saturated carbocycles. The molecule has 0 unspecified atom stereocenters. The van der Waals surface area contributed by atoms with E-state index in [2.05, 4.69) is 0 Å². The number of hydrogen-bond donors (Lipinski definition) is 2. The topological polar surface area (TPSA) is 81.1 Å². The van der Waals surface area contributed by atoms with Crippen LogP contribution in [0.2, 0.25) is 10.0 Å². The Morgan fingerprint density at radius 3 is 2.76 bits per heavy atom. The molecule has 6 nitrogen and oxygen atoms in total. The molecule has 0 aliphatic carbocycles. The molecule has 1 aromatic rings. The maximum Gasteiger partial charge on any atom is 0.248 e. The summed E-state index contributed by atoms with van der Waals surface area (Å²) in [5, 5.41) is 19.9. The molecule has 1 aromatic carbocycles. The van der Waals surface area contributed by atoms with Gasteiger partial charge in [0, 0.05) is 36.2 Å². The number of carbonyl (C=O) groups excluding carboxylic acids is 2. The molecule has 0 spiro atoms. The first kappa shape index (κ1) is 18.0. The SMILES string of the molecule is C[C@H]1CC(=O)N2C[C@@H](c3c(O)ccc(Cl)c3Cl)C=C2CN1C(=O)CO. The summed E-state index contributed by atoms with van der Waals surface area (Å²) in [6.45, 7) is 1.74. The fourth-order valence-electron chi connectivity index (χ4n) is 3.40. The van der Waals surface area contributed by atoms with Gasteiger partial charge in [-0.1, -0.05) is 29.3 Å². The Morgan fingerprint density at radius 1 is 1.36 bits per heavy atom. The molecule has 25 heavy (non-hydrogen) atoms. The van der Waals surface area contributed by atoms with Gasteiger partial charge in [-0.3, -0.25) is 9.59 Å². The van der Waals surface area contributed by atoms with E-state index in [0.717, 1.165) is 0 Å².